The fourth-order valence-corrected chi connectivity index (χ4v) is 3.72. The highest BCUT2D eigenvalue weighted by Crippen LogP contribution is 2.40. The minimum Gasteiger partial charge on any atom is -0.493 e. The molecule has 1 aliphatic rings. The van der Waals surface area contributed by atoms with E-state index in [2.05, 4.69) is 15.4 Å². The Kier molecular flexibility index (Phi) is 4.50. The molecular weight excluding hydrogens is 391 g/mol. The molecule has 2 amide bonds. The van der Waals surface area contributed by atoms with Crippen molar-refractivity contribution in [2.75, 3.05) is 31.1 Å². The van der Waals surface area contributed by atoms with Crippen molar-refractivity contribution in [2.45, 2.75) is 6.54 Å². The van der Waals surface area contributed by atoms with Gasteiger partial charge in [0.2, 0.25) is 0 Å². The van der Waals surface area contributed by atoms with Crippen LogP contribution in [0, 0.1) is 11.6 Å². The number of nitrogens with zero attached hydrogens (tertiary/aromatic N) is 4. The number of nitrogens with one attached hydrogen (secondary N) is 1. The Morgan fingerprint density at radius 2 is 1.86 bits per heavy atom. The van der Waals surface area contributed by atoms with E-state index in [1.54, 1.807) is 16.8 Å². The van der Waals surface area contributed by atoms with Gasteiger partial charge in [0.1, 0.15) is 5.69 Å². The molecule has 0 saturated heterocycles. The quantitative estimate of drug-likeness (QED) is 0.671. The summed E-state index contributed by atoms with van der Waals surface area (Å²) in [4.78, 5) is 18.1. The first-order valence-corrected chi connectivity index (χ1v) is 9.66. The largest absolute Gasteiger partial charge is 0.493 e. The Hall–Kier alpha value is -3.00. The fraction of sp³-hybridized carbons (Fsp3) is 0.235. The summed E-state index contributed by atoms with van der Waals surface area (Å²) in [6.45, 7) is 1.88. The number of rotatable bonds is 4. The average molecular weight is 407 g/mol. The molecule has 1 atom stereocenters. The minimum atomic E-state index is -0.992. The van der Waals surface area contributed by atoms with Gasteiger partial charge < -0.3 is 14.8 Å². The van der Waals surface area contributed by atoms with Gasteiger partial charge in [-0.15, -0.1) is 0 Å². The van der Waals surface area contributed by atoms with Gasteiger partial charge in [0.25, 0.3) is 0 Å². The number of aromatic nitrogens is 3. The lowest BCUT2D eigenvalue weighted by Crippen LogP contribution is -2.40. The van der Waals surface area contributed by atoms with Crippen molar-refractivity contribution in [1.82, 2.24) is 14.5 Å². The number of benzene rings is 1. The monoisotopic (exact) mass is 407 g/mol. The number of hydrogen-bond donors (Lipinski definition) is 1. The molecule has 11 heteroatoms. The summed E-state index contributed by atoms with van der Waals surface area (Å²) in [5.74, 6) is -2.45. The van der Waals surface area contributed by atoms with E-state index in [4.69, 9.17) is 9.47 Å². The first-order valence-electron chi connectivity index (χ1n) is 8.22. The number of fused-ring (bicyclic) bond motifs is 3. The molecule has 8 nitrogen and oxygen atoms in total. The number of ether oxygens (including phenoxy) is 2. The maximum atomic E-state index is 14.8. The van der Waals surface area contributed by atoms with Gasteiger partial charge in [0.05, 0.1) is 38.0 Å². The maximum Gasteiger partial charge on any atom is 0.326 e. The highest BCUT2D eigenvalue weighted by molar-refractivity contribution is 7.35. The van der Waals surface area contributed by atoms with Crippen LogP contribution in [-0.4, -0.2) is 41.5 Å². The third kappa shape index (κ3) is 2.63. The van der Waals surface area contributed by atoms with Crippen LogP contribution in [0.25, 0.3) is 11.0 Å². The van der Waals surface area contributed by atoms with Crippen molar-refractivity contribution in [1.29, 1.82) is 0 Å². The number of anilines is 2. The summed E-state index contributed by atoms with van der Waals surface area (Å²) in [6.07, 6.45) is 3.18. The third-order valence-electron chi connectivity index (χ3n) is 4.51. The van der Waals surface area contributed by atoms with Crippen LogP contribution in [-0.2, 0) is 6.54 Å². The molecule has 28 heavy (non-hydrogen) atoms. The molecule has 2 aromatic heterocycles. The van der Waals surface area contributed by atoms with Crippen molar-refractivity contribution >= 4 is 37.2 Å². The molecule has 0 radical (unpaired) electrons. The van der Waals surface area contributed by atoms with Crippen LogP contribution in [0.4, 0.5) is 25.0 Å². The zero-order valence-corrected chi connectivity index (χ0v) is 16.2. The SMILES string of the molecule is COc1cc(OC)c(F)c(N2Cc3cnc4c(cnn4PC)c3NC2=O)c1F. The summed E-state index contributed by atoms with van der Waals surface area (Å²) in [5, 5.41) is 7.62. The van der Waals surface area contributed by atoms with Crippen molar-refractivity contribution in [3.63, 3.8) is 0 Å². The van der Waals surface area contributed by atoms with Crippen molar-refractivity contribution in [2.24, 2.45) is 0 Å². The van der Waals surface area contributed by atoms with Crippen LogP contribution in [0.3, 0.4) is 0 Å². The summed E-state index contributed by atoms with van der Waals surface area (Å²) in [7, 11) is 2.87. The summed E-state index contributed by atoms with van der Waals surface area (Å²) >= 11 is 0. The van der Waals surface area contributed by atoms with Crippen LogP contribution in [0.5, 0.6) is 11.5 Å². The van der Waals surface area contributed by atoms with Crippen LogP contribution >= 0.6 is 8.73 Å². The number of carbonyl (C=O) groups is 1. The van der Waals surface area contributed by atoms with Gasteiger partial charge in [-0.2, -0.15) is 5.10 Å². The minimum absolute atomic E-state index is 0.0755. The van der Waals surface area contributed by atoms with E-state index in [-0.39, 0.29) is 18.0 Å². The lowest BCUT2D eigenvalue weighted by Gasteiger charge is -2.30. The first-order chi connectivity index (χ1) is 13.5. The summed E-state index contributed by atoms with van der Waals surface area (Å²) in [6, 6.07) is 0.411. The number of carbonyl (C=O) groups excluding carboxylic acids is 1. The Morgan fingerprint density at radius 3 is 2.46 bits per heavy atom. The third-order valence-corrected chi connectivity index (χ3v) is 5.27. The van der Waals surface area contributed by atoms with Gasteiger partial charge in [0, 0.05) is 26.6 Å². The van der Waals surface area contributed by atoms with Crippen LogP contribution in [0.15, 0.2) is 18.5 Å². The Morgan fingerprint density at radius 1 is 1.18 bits per heavy atom. The Bertz CT molecular complexity index is 1080. The second kappa shape index (κ2) is 6.87. The standard InChI is InChI=1S/C17H16F2N5O3P/c1-26-10-4-11(27-2)13(19)15(12(10)18)23-7-8-5-20-16-9(6-21-24(16)28-3)14(8)22-17(23)25/h4-6,28H,7H2,1-3H3,(H,22,25). The van der Waals surface area contributed by atoms with E-state index in [0.717, 1.165) is 11.0 Å². The topological polar surface area (TPSA) is 81.5 Å². The molecule has 0 bridgehead atoms. The number of urea groups is 1. The van der Waals surface area contributed by atoms with Gasteiger partial charge in [-0.1, -0.05) is 0 Å². The molecule has 146 valence electrons. The molecule has 1 unspecified atom stereocenters. The molecule has 3 aromatic rings. The van der Waals surface area contributed by atoms with E-state index in [1.165, 1.54) is 14.2 Å². The van der Waals surface area contributed by atoms with Crippen LogP contribution in [0.2, 0.25) is 0 Å². The van der Waals surface area contributed by atoms with Gasteiger partial charge in [0.15, 0.2) is 28.8 Å². The van der Waals surface area contributed by atoms with Gasteiger partial charge in [-0.3, -0.25) is 4.90 Å². The molecule has 1 aromatic carbocycles. The summed E-state index contributed by atoms with van der Waals surface area (Å²) in [5.41, 5.74) is 1.22. The molecule has 0 aliphatic carbocycles. The second-order valence-corrected chi connectivity index (χ2v) is 6.82. The smallest absolute Gasteiger partial charge is 0.326 e. The average Bonchev–Trinajstić information content (AvgIpc) is 3.12. The molecular formula is C17H16F2N5O3P. The molecule has 4 rings (SSSR count). The Balaban J connectivity index is 1.84. The van der Waals surface area contributed by atoms with Gasteiger partial charge >= 0.3 is 6.03 Å². The number of halogens is 2. The highest BCUT2D eigenvalue weighted by atomic mass is 31.1. The van der Waals surface area contributed by atoms with E-state index in [1.807, 2.05) is 6.66 Å². The van der Waals surface area contributed by atoms with E-state index in [9.17, 15) is 13.6 Å². The van der Waals surface area contributed by atoms with Crippen LogP contribution < -0.4 is 19.7 Å². The number of amides is 2. The van der Waals surface area contributed by atoms with Crippen molar-refractivity contribution in [3.05, 3.63) is 35.7 Å². The van der Waals surface area contributed by atoms with Gasteiger partial charge in [-0.05, 0) is 6.66 Å². The molecule has 1 aliphatic heterocycles. The second-order valence-electron chi connectivity index (χ2n) is 5.95. The van der Waals surface area contributed by atoms with Gasteiger partial charge in [-0.25, -0.2) is 23.0 Å². The van der Waals surface area contributed by atoms with Crippen molar-refractivity contribution < 1.29 is 23.0 Å². The first kappa shape index (κ1) is 18.4. The number of methoxy groups -OCH3 is 2. The number of pyridine rings is 1. The molecule has 0 fully saturated rings. The maximum absolute atomic E-state index is 14.8. The zero-order valence-electron chi connectivity index (χ0n) is 15.2. The molecule has 3 heterocycles. The van der Waals surface area contributed by atoms with E-state index >= 15 is 0 Å². The summed E-state index contributed by atoms with van der Waals surface area (Å²) < 4.78 is 41.3. The Labute approximate surface area is 160 Å². The molecule has 0 spiro atoms. The van der Waals surface area contributed by atoms with E-state index < -0.39 is 23.4 Å². The lowest BCUT2D eigenvalue weighted by atomic mass is 10.1. The predicted octanol–water partition coefficient (Wildman–Crippen LogP) is 3.35. The highest BCUT2D eigenvalue weighted by Gasteiger charge is 2.33. The van der Waals surface area contributed by atoms with Crippen molar-refractivity contribution in [3.8, 4) is 11.5 Å². The van der Waals surface area contributed by atoms with Crippen LogP contribution in [0.1, 0.15) is 5.56 Å². The normalized spacial score (nSPS) is 13.9. The lowest BCUT2D eigenvalue weighted by molar-refractivity contribution is 0.255. The zero-order chi connectivity index (χ0) is 20.0. The predicted molar refractivity (Wildman–Crippen MR) is 102 cm³/mol. The van der Waals surface area contributed by atoms with E-state index in [0.29, 0.717) is 31.0 Å². The number of hydrogen-bond acceptors (Lipinski definition) is 5. The fourth-order valence-electron chi connectivity index (χ4n) is 3.16. The molecule has 1 N–H and O–H groups in total. The molecule has 0 saturated carbocycles.